The van der Waals surface area contributed by atoms with Crippen molar-refractivity contribution in [3.63, 3.8) is 0 Å². The van der Waals surface area contributed by atoms with Crippen LogP contribution in [-0.4, -0.2) is 70.4 Å². The van der Waals surface area contributed by atoms with Crippen LogP contribution in [0.15, 0.2) is 59.4 Å². The molecule has 1 saturated heterocycles. The van der Waals surface area contributed by atoms with E-state index in [2.05, 4.69) is 15.0 Å². The molecule has 2 aromatic carbocycles. The van der Waals surface area contributed by atoms with E-state index in [0.717, 1.165) is 22.7 Å². The Bertz CT molecular complexity index is 1430. The van der Waals surface area contributed by atoms with Gasteiger partial charge in [0.05, 0.1) is 19.9 Å². The van der Waals surface area contributed by atoms with Gasteiger partial charge < -0.3 is 19.3 Å². The Hall–Kier alpha value is -4.34. The van der Waals surface area contributed by atoms with Gasteiger partial charge in [0.25, 0.3) is 0 Å². The van der Waals surface area contributed by atoms with Crippen LogP contribution in [-0.2, 0) is 11.3 Å². The Morgan fingerprint density at radius 1 is 0.917 bits per heavy atom. The molecule has 0 atom stereocenters. The monoisotopic (exact) mass is 488 g/mol. The zero-order chi connectivity index (χ0) is 25.2. The molecule has 10 heteroatoms. The second kappa shape index (κ2) is 9.73. The quantitative estimate of drug-likeness (QED) is 0.411. The van der Waals surface area contributed by atoms with Crippen LogP contribution in [0.4, 0.5) is 5.69 Å². The van der Waals surface area contributed by atoms with Gasteiger partial charge in [-0.05, 0) is 55.5 Å². The van der Waals surface area contributed by atoms with Crippen molar-refractivity contribution in [1.29, 1.82) is 0 Å². The minimum atomic E-state index is -0.374. The van der Waals surface area contributed by atoms with E-state index in [1.807, 2.05) is 48.5 Å². The van der Waals surface area contributed by atoms with Crippen molar-refractivity contribution in [3.8, 4) is 22.8 Å². The Morgan fingerprint density at radius 2 is 1.53 bits per heavy atom. The van der Waals surface area contributed by atoms with Gasteiger partial charge in [0.2, 0.25) is 5.91 Å². The SMILES string of the molecule is COc1ccc(-c2cc3nn(CC(=O)N4CCN(c5ccc(OC)cc5)CC4)c(=O)n3c(C)n2)cc1. The van der Waals surface area contributed by atoms with Crippen molar-refractivity contribution < 1.29 is 14.3 Å². The molecule has 1 amide bonds. The van der Waals surface area contributed by atoms with Crippen LogP contribution in [0.2, 0.25) is 0 Å². The van der Waals surface area contributed by atoms with Gasteiger partial charge in [-0.15, -0.1) is 5.10 Å². The summed E-state index contributed by atoms with van der Waals surface area (Å²) in [5.74, 6) is 1.94. The summed E-state index contributed by atoms with van der Waals surface area (Å²) in [7, 11) is 3.26. The number of anilines is 1. The molecule has 0 spiro atoms. The van der Waals surface area contributed by atoms with Gasteiger partial charge in [0, 0.05) is 43.5 Å². The second-order valence-corrected chi connectivity index (χ2v) is 8.62. The lowest BCUT2D eigenvalue weighted by atomic mass is 10.1. The van der Waals surface area contributed by atoms with E-state index in [-0.39, 0.29) is 18.1 Å². The fraction of sp³-hybridized carbons (Fsp3) is 0.308. The minimum absolute atomic E-state index is 0.111. The predicted molar refractivity (Wildman–Crippen MR) is 136 cm³/mol. The van der Waals surface area contributed by atoms with E-state index in [4.69, 9.17) is 9.47 Å². The molecule has 0 unspecified atom stereocenters. The molecule has 2 aromatic heterocycles. The van der Waals surface area contributed by atoms with E-state index in [1.54, 1.807) is 32.1 Å². The van der Waals surface area contributed by atoms with Crippen LogP contribution < -0.4 is 20.1 Å². The number of piperazine rings is 1. The molecule has 5 rings (SSSR count). The lowest BCUT2D eigenvalue weighted by Gasteiger charge is -2.36. The number of amides is 1. The van der Waals surface area contributed by atoms with Gasteiger partial charge in [-0.1, -0.05) is 0 Å². The first-order valence-electron chi connectivity index (χ1n) is 11.8. The molecule has 0 aliphatic carbocycles. The first kappa shape index (κ1) is 23.4. The summed E-state index contributed by atoms with van der Waals surface area (Å²) in [6, 6.07) is 17.2. The number of methoxy groups -OCH3 is 2. The zero-order valence-electron chi connectivity index (χ0n) is 20.5. The molecule has 0 saturated carbocycles. The number of ether oxygens (including phenoxy) is 2. The molecule has 36 heavy (non-hydrogen) atoms. The second-order valence-electron chi connectivity index (χ2n) is 8.62. The molecule has 0 bridgehead atoms. The van der Waals surface area contributed by atoms with Crippen LogP contribution in [0, 0.1) is 6.92 Å². The first-order valence-corrected chi connectivity index (χ1v) is 11.8. The summed E-state index contributed by atoms with van der Waals surface area (Å²) in [5, 5.41) is 4.44. The lowest BCUT2D eigenvalue weighted by Crippen LogP contribution is -2.50. The predicted octanol–water partition coefficient (Wildman–Crippen LogP) is 2.23. The highest BCUT2D eigenvalue weighted by molar-refractivity contribution is 5.76. The lowest BCUT2D eigenvalue weighted by molar-refractivity contribution is -0.132. The third-order valence-electron chi connectivity index (χ3n) is 6.48. The Kier molecular flexibility index (Phi) is 6.32. The maximum Gasteiger partial charge on any atom is 0.352 e. The molecule has 0 radical (unpaired) electrons. The number of hydrogen-bond acceptors (Lipinski definition) is 7. The summed E-state index contributed by atoms with van der Waals surface area (Å²) >= 11 is 0. The van der Waals surface area contributed by atoms with Gasteiger partial charge in [0.1, 0.15) is 23.9 Å². The molecule has 3 heterocycles. The number of benzene rings is 2. The Balaban J connectivity index is 1.29. The van der Waals surface area contributed by atoms with Crippen molar-refractivity contribution in [2.24, 2.45) is 0 Å². The highest BCUT2D eigenvalue weighted by Crippen LogP contribution is 2.22. The molecular formula is C26H28N6O4. The molecular weight excluding hydrogens is 460 g/mol. The first-order chi connectivity index (χ1) is 17.5. The standard InChI is InChI=1S/C26H28N6O4/c1-18-27-23(19-4-8-21(35-2)9-5-19)16-24-28-31(26(34)32(18)24)17-25(33)30-14-12-29(13-15-30)20-6-10-22(36-3)11-7-20/h4-11,16H,12-15,17H2,1-3H3. The maximum absolute atomic E-state index is 13.0. The molecule has 1 aliphatic rings. The average Bonchev–Trinajstić information content (AvgIpc) is 3.23. The van der Waals surface area contributed by atoms with Crippen LogP contribution in [0.1, 0.15) is 5.82 Å². The number of nitrogens with zero attached hydrogens (tertiary/aromatic N) is 6. The minimum Gasteiger partial charge on any atom is -0.497 e. The fourth-order valence-electron chi connectivity index (χ4n) is 4.45. The number of aromatic nitrogens is 4. The number of hydrogen-bond donors (Lipinski definition) is 0. The summed E-state index contributed by atoms with van der Waals surface area (Å²) < 4.78 is 13.1. The van der Waals surface area contributed by atoms with E-state index in [1.165, 1.54) is 9.08 Å². The average molecular weight is 489 g/mol. The highest BCUT2D eigenvalue weighted by atomic mass is 16.5. The van der Waals surface area contributed by atoms with Gasteiger partial charge >= 0.3 is 5.69 Å². The Morgan fingerprint density at radius 3 is 2.14 bits per heavy atom. The topological polar surface area (TPSA) is 94.2 Å². The zero-order valence-corrected chi connectivity index (χ0v) is 20.5. The van der Waals surface area contributed by atoms with Crippen LogP contribution in [0.5, 0.6) is 11.5 Å². The molecule has 186 valence electrons. The van der Waals surface area contributed by atoms with Crippen molar-refractivity contribution in [2.75, 3.05) is 45.3 Å². The highest BCUT2D eigenvalue weighted by Gasteiger charge is 2.23. The normalized spacial score (nSPS) is 13.8. The molecule has 1 fully saturated rings. The van der Waals surface area contributed by atoms with Crippen LogP contribution >= 0.6 is 0 Å². The number of carbonyl (C=O) groups is 1. The largest absolute Gasteiger partial charge is 0.497 e. The summed E-state index contributed by atoms with van der Waals surface area (Å²) in [5.41, 5.74) is 2.75. The number of aryl methyl sites for hydroxylation is 1. The van der Waals surface area contributed by atoms with Gasteiger partial charge in [0.15, 0.2) is 5.65 Å². The van der Waals surface area contributed by atoms with Crippen molar-refractivity contribution in [1.82, 2.24) is 24.1 Å². The summed E-state index contributed by atoms with van der Waals surface area (Å²) in [6.07, 6.45) is 0. The molecule has 1 aliphatic heterocycles. The fourth-order valence-corrected chi connectivity index (χ4v) is 4.45. The third-order valence-corrected chi connectivity index (χ3v) is 6.48. The van der Waals surface area contributed by atoms with Crippen LogP contribution in [0.3, 0.4) is 0 Å². The molecule has 0 N–H and O–H groups in total. The molecule has 10 nitrogen and oxygen atoms in total. The Labute approximate surface area is 208 Å². The van der Waals surface area contributed by atoms with Gasteiger partial charge in [-0.2, -0.15) is 0 Å². The molecule has 4 aromatic rings. The van der Waals surface area contributed by atoms with E-state index < -0.39 is 0 Å². The number of carbonyl (C=O) groups excluding carboxylic acids is 1. The summed E-state index contributed by atoms with van der Waals surface area (Å²) in [6.45, 7) is 4.23. The maximum atomic E-state index is 13.0. The van der Waals surface area contributed by atoms with Crippen molar-refractivity contribution in [2.45, 2.75) is 13.5 Å². The van der Waals surface area contributed by atoms with Gasteiger partial charge in [-0.25, -0.2) is 18.9 Å². The van der Waals surface area contributed by atoms with Gasteiger partial charge in [-0.3, -0.25) is 4.79 Å². The van der Waals surface area contributed by atoms with Crippen molar-refractivity contribution >= 4 is 17.2 Å². The van der Waals surface area contributed by atoms with Crippen molar-refractivity contribution in [3.05, 3.63) is 70.9 Å². The number of fused-ring (bicyclic) bond motifs is 1. The summed E-state index contributed by atoms with van der Waals surface area (Å²) in [4.78, 5) is 34.6. The third kappa shape index (κ3) is 4.49. The van der Waals surface area contributed by atoms with E-state index in [9.17, 15) is 9.59 Å². The van der Waals surface area contributed by atoms with Crippen LogP contribution in [0.25, 0.3) is 16.9 Å². The number of rotatable bonds is 6. The van der Waals surface area contributed by atoms with E-state index >= 15 is 0 Å². The van der Waals surface area contributed by atoms with E-state index in [0.29, 0.717) is 43.3 Å². The smallest absolute Gasteiger partial charge is 0.352 e.